The van der Waals surface area contributed by atoms with Crippen LogP contribution in [0.5, 0.6) is 5.75 Å². The molecule has 0 bridgehead atoms. The van der Waals surface area contributed by atoms with Crippen LogP contribution < -0.4 is 4.74 Å². The normalized spacial score (nSPS) is 14.2. The maximum atomic E-state index is 13.5. The number of nitrogens with one attached hydrogen (secondary N) is 1. The van der Waals surface area contributed by atoms with Crippen molar-refractivity contribution in [3.63, 3.8) is 0 Å². The molecule has 2 aromatic carbocycles. The first-order valence-corrected chi connectivity index (χ1v) is 11.3. The fraction of sp³-hybridized carbons (Fsp3) is 0.227. The number of aromatic nitrogens is 1. The van der Waals surface area contributed by atoms with Crippen LogP contribution in [0.25, 0.3) is 0 Å². The molecule has 2 unspecified atom stereocenters. The SMILES string of the molecule is COc1ccc(S(=O)(=O)C(C(=O)OCc2ccccc2[N+](=O)[O-])C(C)(O)c2ccc[nH]2)cc1. The number of benzene rings is 2. The third-order valence-electron chi connectivity index (χ3n) is 5.12. The summed E-state index contributed by atoms with van der Waals surface area (Å²) in [6.07, 6.45) is 1.47. The highest BCUT2D eigenvalue weighted by Crippen LogP contribution is 2.34. The quantitative estimate of drug-likeness (QED) is 0.273. The molecular formula is C22H22N2O8S. The first kappa shape index (κ1) is 24.0. The summed E-state index contributed by atoms with van der Waals surface area (Å²) in [6.45, 7) is 0.627. The molecule has 0 amide bonds. The molecule has 0 aliphatic rings. The Balaban J connectivity index is 2.00. The van der Waals surface area contributed by atoms with E-state index < -0.39 is 38.2 Å². The van der Waals surface area contributed by atoms with E-state index in [2.05, 4.69) is 4.98 Å². The van der Waals surface area contributed by atoms with Gasteiger partial charge in [0.15, 0.2) is 15.1 Å². The van der Waals surface area contributed by atoms with Gasteiger partial charge >= 0.3 is 5.97 Å². The summed E-state index contributed by atoms with van der Waals surface area (Å²) < 4.78 is 37.2. The number of aliphatic hydroxyl groups is 1. The van der Waals surface area contributed by atoms with E-state index in [0.717, 1.165) is 0 Å². The van der Waals surface area contributed by atoms with Gasteiger partial charge in [0.2, 0.25) is 0 Å². The van der Waals surface area contributed by atoms with Gasteiger partial charge in [0.05, 0.1) is 22.5 Å². The van der Waals surface area contributed by atoms with Gasteiger partial charge in [-0.1, -0.05) is 12.1 Å². The second-order valence-electron chi connectivity index (χ2n) is 7.33. The molecule has 2 N–H and O–H groups in total. The minimum Gasteiger partial charge on any atom is -0.497 e. The van der Waals surface area contributed by atoms with Crippen molar-refractivity contribution in [1.82, 2.24) is 4.98 Å². The van der Waals surface area contributed by atoms with Gasteiger partial charge in [0, 0.05) is 18.0 Å². The van der Waals surface area contributed by atoms with Crippen molar-refractivity contribution in [3.8, 4) is 5.75 Å². The van der Waals surface area contributed by atoms with Crippen LogP contribution in [-0.4, -0.2) is 41.8 Å². The zero-order valence-electron chi connectivity index (χ0n) is 17.8. The van der Waals surface area contributed by atoms with Gasteiger partial charge in [-0.15, -0.1) is 0 Å². The number of esters is 1. The van der Waals surface area contributed by atoms with E-state index in [9.17, 15) is 28.4 Å². The molecule has 0 saturated heterocycles. The number of hydrogen-bond donors (Lipinski definition) is 2. The van der Waals surface area contributed by atoms with Crippen LogP contribution in [0.2, 0.25) is 0 Å². The summed E-state index contributed by atoms with van der Waals surface area (Å²) in [5.74, 6) is -0.857. The summed E-state index contributed by atoms with van der Waals surface area (Å²) in [6, 6.07) is 13.9. The van der Waals surface area contributed by atoms with Gasteiger partial charge in [-0.3, -0.25) is 14.9 Å². The van der Waals surface area contributed by atoms with E-state index >= 15 is 0 Å². The van der Waals surface area contributed by atoms with Crippen molar-refractivity contribution >= 4 is 21.5 Å². The zero-order chi connectivity index (χ0) is 24.2. The second kappa shape index (κ2) is 9.43. The number of methoxy groups -OCH3 is 1. The monoisotopic (exact) mass is 474 g/mol. The Morgan fingerprint density at radius 2 is 1.82 bits per heavy atom. The van der Waals surface area contributed by atoms with Crippen LogP contribution in [0, 0.1) is 10.1 Å². The molecule has 11 heteroatoms. The number of sulfone groups is 1. The number of nitrogens with zero attached hydrogens (tertiary/aromatic N) is 1. The number of hydrogen-bond acceptors (Lipinski definition) is 8. The summed E-state index contributed by atoms with van der Waals surface area (Å²) in [5, 5.41) is 20.4. The number of rotatable bonds is 9. The smallest absolute Gasteiger partial charge is 0.328 e. The van der Waals surface area contributed by atoms with Gasteiger partial charge in [-0.2, -0.15) is 0 Å². The van der Waals surface area contributed by atoms with Crippen LogP contribution in [0.15, 0.2) is 71.8 Å². The molecule has 174 valence electrons. The Kier molecular flexibility index (Phi) is 6.84. The van der Waals surface area contributed by atoms with E-state index in [-0.39, 0.29) is 21.8 Å². The highest BCUT2D eigenvalue weighted by atomic mass is 32.2. The highest BCUT2D eigenvalue weighted by Gasteiger charge is 2.50. The van der Waals surface area contributed by atoms with Crippen molar-refractivity contribution in [3.05, 3.63) is 88.2 Å². The van der Waals surface area contributed by atoms with Gasteiger partial charge < -0.3 is 19.6 Å². The lowest BCUT2D eigenvalue weighted by molar-refractivity contribution is -0.385. The van der Waals surface area contributed by atoms with Crippen molar-refractivity contribution in [2.24, 2.45) is 0 Å². The number of nitro benzene ring substituents is 1. The number of para-hydroxylation sites is 1. The Morgan fingerprint density at radius 3 is 2.39 bits per heavy atom. The Bertz CT molecular complexity index is 1240. The van der Waals surface area contributed by atoms with E-state index in [1.54, 1.807) is 6.07 Å². The molecule has 1 heterocycles. The van der Waals surface area contributed by atoms with Crippen LogP contribution in [0.1, 0.15) is 18.2 Å². The maximum absolute atomic E-state index is 13.5. The summed E-state index contributed by atoms with van der Waals surface area (Å²) >= 11 is 0. The van der Waals surface area contributed by atoms with Crippen molar-refractivity contribution in [2.75, 3.05) is 7.11 Å². The highest BCUT2D eigenvalue weighted by molar-refractivity contribution is 7.92. The van der Waals surface area contributed by atoms with E-state index in [4.69, 9.17) is 9.47 Å². The lowest BCUT2D eigenvalue weighted by Gasteiger charge is -2.30. The lowest BCUT2D eigenvalue weighted by Crippen LogP contribution is -2.48. The largest absolute Gasteiger partial charge is 0.497 e. The molecule has 0 radical (unpaired) electrons. The molecule has 3 aromatic rings. The fourth-order valence-electron chi connectivity index (χ4n) is 3.38. The van der Waals surface area contributed by atoms with Crippen LogP contribution >= 0.6 is 0 Å². The number of H-pyrrole nitrogens is 1. The number of carbonyl (C=O) groups excluding carboxylic acids is 1. The third-order valence-corrected chi connectivity index (χ3v) is 7.33. The predicted molar refractivity (Wildman–Crippen MR) is 117 cm³/mol. The fourth-order valence-corrected chi connectivity index (χ4v) is 5.22. The van der Waals surface area contributed by atoms with Crippen LogP contribution in [0.4, 0.5) is 5.69 Å². The van der Waals surface area contributed by atoms with E-state index in [1.165, 1.54) is 74.8 Å². The predicted octanol–water partition coefficient (Wildman–Crippen LogP) is 2.72. The zero-order valence-corrected chi connectivity index (χ0v) is 18.6. The van der Waals surface area contributed by atoms with Crippen molar-refractivity contribution < 1.29 is 32.7 Å². The second-order valence-corrected chi connectivity index (χ2v) is 9.36. The molecule has 0 spiro atoms. The number of nitro groups is 1. The minimum atomic E-state index is -4.47. The number of aromatic amines is 1. The molecule has 33 heavy (non-hydrogen) atoms. The Morgan fingerprint density at radius 1 is 1.15 bits per heavy atom. The lowest BCUT2D eigenvalue weighted by atomic mass is 9.98. The van der Waals surface area contributed by atoms with Crippen LogP contribution in [0.3, 0.4) is 0 Å². The van der Waals surface area contributed by atoms with Gasteiger partial charge in [0.25, 0.3) is 5.69 Å². The molecule has 0 fully saturated rings. The molecule has 10 nitrogen and oxygen atoms in total. The topological polar surface area (TPSA) is 149 Å². The Labute approximate surface area is 189 Å². The molecule has 1 aromatic heterocycles. The van der Waals surface area contributed by atoms with E-state index in [1.807, 2.05) is 0 Å². The van der Waals surface area contributed by atoms with Crippen molar-refractivity contribution in [1.29, 1.82) is 0 Å². The van der Waals surface area contributed by atoms with Crippen LogP contribution in [-0.2, 0) is 31.6 Å². The average molecular weight is 474 g/mol. The Hall–Kier alpha value is -3.70. The minimum absolute atomic E-state index is 0.0761. The summed E-state index contributed by atoms with van der Waals surface area (Å²) in [5.41, 5.74) is -2.33. The summed E-state index contributed by atoms with van der Waals surface area (Å²) in [4.78, 5) is 26.2. The molecule has 0 aliphatic heterocycles. The molecule has 0 aliphatic carbocycles. The van der Waals surface area contributed by atoms with E-state index in [0.29, 0.717) is 5.75 Å². The molecule has 0 saturated carbocycles. The summed E-state index contributed by atoms with van der Waals surface area (Å²) in [7, 11) is -3.05. The molecule has 2 atom stereocenters. The number of ether oxygens (including phenoxy) is 2. The third kappa shape index (κ3) is 4.89. The van der Waals surface area contributed by atoms with Crippen molar-refractivity contribution in [2.45, 2.75) is 29.3 Å². The molecular weight excluding hydrogens is 452 g/mol. The number of carbonyl (C=O) groups is 1. The standard InChI is InChI=1S/C22H22N2O8S/c1-22(26,19-8-5-13-23-19)20(33(29,30)17-11-9-16(31-2)10-12-17)21(25)32-14-15-6-3-4-7-18(15)24(27)28/h3-13,20,23,26H,14H2,1-2H3. The average Bonchev–Trinajstić information content (AvgIpc) is 3.33. The van der Waals surface area contributed by atoms with Gasteiger partial charge in [0.1, 0.15) is 18.0 Å². The first-order chi connectivity index (χ1) is 15.6. The maximum Gasteiger partial charge on any atom is 0.328 e. The molecule has 3 rings (SSSR count). The van der Waals surface area contributed by atoms with Gasteiger partial charge in [-0.25, -0.2) is 8.42 Å². The first-order valence-electron chi connectivity index (χ1n) is 9.72. The van der Waals surface area contributed by atoms with Gasteiger partial charge in [-0.05, 0) is 49.4 Å².